The summed E-state index contributed by atoms with van der Waals surface area (Å²) in [6.07, 6.45) is 0.883. The minimum Gasteiger partial charge on any atom is -0.484 e. The first-order chi connectivity index (χ1) is 14.4. The molecule has 160 valence electrons. The predicted octanol–water partition coefficient (Wildman–Crippen LogP) is 1.61. The van der Waals surface area contributed by atoms with E-state index in [1.165, 1.54) is 4.90 Å². The van der Waals surface area contributed by atoms with Crippen LogP contribution in [0.4, 0.5) is 5.69 Å². The number of anilines is 1. The standard InChI is InChI=1S/C24H31N3O3/c1-4-20-7-5-6-8-22(20)25-23(28)16-26-9-11-27(12-10-26)24(29)17-30-21-14-18(2)13-19(3)15-21/h5-8,13-15H,4,9-12,16-17H2,1-3H3,(H,25,28)/p+1. The van der Waals surface area contributed by atoms with E-state index in [9.17, 15) is 9.59 Å². The van der Waals surface area contributed by atoms with Crippen LogP contribution in [0, 0.1) is 13.8 Å². The van der Waals surface area contributed by atoms with Crippen molar-refractivity contribution in [1.29, 1.82) is 0 Å². The zero-order chi connectivity index (χ0) is 21.5. The highest BCUT2D eigenvalue weighted by Crippen LogP contribution is 2.16. The van der Waals surface area contributed by atoms with Crippen molar-refractivity contribution in [2.45, 2.75) is 27.2 Å². The number of aryl methyl sites for hydroxylation is 3. The molecule has 0 aliphatic carbocycles. The average Bonchev–Trinajstić information content (AvgIpc) is 2.72. The van der Waals surface area contributed by atoms with E-state index in [-0.39, 0.29) is 18.4 Å². The third-order valence-corrected chi connectivity index (χ3v) is 5.46. The van der Waals surface area contributed by atoms with Crippen LogP contribution >= 0.6 is 0 Å². The minimum atomic E-state index is -0.00506. The lowest BCUT2D eigenvalue weighted by Crippen LogP contribution is -3.15. The van der Waals surface area contributed by atoms with Gasteiger partial charge in [0.2, 0.25) is 0 Å². The molecule has 1 heterocycles. The predicted molar refractivity (Wildman–Crippen MR) is 118 cm³/mol. The smallest absolute Gasteiger partial charge is 0.279 e. The van der Waals surface area contributed by atoms with Crippen LogP contribution < -0.4 is 15.0 Å². The fourth-order valence-electron chi connectivity index (χ4n) is 3.87. The van der Waals surface area contributed by atoms with E-state index in [1.807, 2.05) is 55.1 Å². The number of ether oxygens (including phenoxy) is 1. The van der Waals surface area contributed by atoms with Crippen molar-refractivity contribution >= 4 is 17.5 Å². The van der Waals surface area contributed by atoms with Crippen LogP contribution in [0.15, 0.2) is 42.5 Å². The molecule has 0 aromatic heterocycles. The van der Waals surface area contributed by atoms with Crippen molar-refractivity contribution in [3.8, 4) is 5.75 Å². The fourth-order valence-corrected chi connectivity index (χ4v) is 3.87. The van der Waals surface area contributed by atoms with Gasteiger partial charge in [-0.25, -0.2) is 0 Å². The highest BCUT2D eigenvalue weighted by molar-refractivity contribution is 5.92. The number of nitrogens with one attached hydrogen (secondary N) is 2. The number of para-hydroxylation sites is 1. The average molecular weight is 411 g/mol. The summed E-state index contributed by atoms with van der Waals surface area (Å²) >= 11 is 0. The number of amides is 2. The van der Waals surface area contributed by atoms with Crippen molar-refractivity contribution in [2.75, 3.05) is 44.6 Å². The summed E-state index contributed by atoms with van der Waals surface area (Å²) in [6.45, 7) is 9.38. The van der Waals surface area contributed by atoms with E-state index < -0.39 is 0 Å². The van der Waals surface area contributed by atoms with Crippen LogP contribution in [0.1, 0.15) is 23.6 Å². The van der Waals surface area contributed by atoms with Crippen LogP contribution in [0.3, 0.4) is 0 Å². The summed E-state index contributed by atoms with van der Waals surface area (Å²) in [5, 5.41) is 3.03. The van der Waals surface area contributed by atoms with Crippen LogP contribution in [0.25, 0.3) is 0 Å². The first kappa shape index (κ1) is 21.8. The van der Waals surface area contributed by atoms with Crippen molar-refractivity contribution in [2.24, 2.45) is 0 Å². The van der Waals surface area contributed by atoms with E-state index in [4.69, 9.17) is 4.74 Å². The third-order valence-electron chi connectivity index (χ3n) is 5.46. The summed E-state index contributed by atoms with van der Waals surface area (Å²) in [5.74, 6) is 0.743. The Hall–Kier alpha value is -2.86. The number of benzene rings is 2. The first-order valence-electron chi connectivity index (χ1n) is 10.6. The molecule has 0 atom stereocenters. The first-order valence-corrected chi connectivity index (χ1v) is 10.6. The molecule has 6 heteroatoms. The van der Waals surface area contributed by atoms with Gasteiger partial charge >= 0.3 is 0 Å². The Balaban J connectivity index is 1.42. The SMILES string of the molecule is CCc1ccccc1NC(=O)C[NH+]1CCN(C(=O)COc2cc(C)cc(C)c2)CC1. The monoisotopic (exact) mass is 410 g/mol. The zero-order valence-corrected chi connectivity index (χ0v) is 18.2. The highest BCUT2D eigenvalue weighted by Gasteiger charge is 2.25. The molecule has 0 unspecified atom stereocenters. The van der Waals surface area contributed by atoms with E-state index in [2.05, 4.69) is 18.3 Å². The summed E-state index contributed by atoms with van der Waals surface area (Å²) in [6, 6.07) is 13.9. The minimum absolute atomic E-state index is 0.00506. The lowest BCUT2D eigenvalue weighted by molar-refractivity contribution is -0.895. The number of hydrogen-bond acceptors (Lipinski definition) is 3. The molecule has 30 heavy (non-hydrogen) atoms. The molecule has 1 saturated heterocycles. The number of piperazine rings is 1. The van der Waals surface area contributed by atoms with Gasteiger partial charge in [0.1, 0.15) is 5.75 Å². The van der Waals surface area contributed by atoms with Crippen molar-refractivity contribution < 1.29 is 19.2 Å². The van der Waals surface area contributed by atoms with Gasteiger partial charge in [0, 0.05) is 5.69 Å². The van der Waals surface area contributed by atoms with Crippen LogP contribution in [0.2, 0.25) is 0 Å². The number of nitrogens with zero attached hydrogens (tertiary/aromatic N) is 1. The van der Waals surface area contributed by atoms with Crippen LogP contribution in [-0.4, -0.2) is 56.0 Å². The van der Waals surface area contributed by atoms with Gasteiger partial charge < -0.3 is 19.9 Å². The van der Waals surface area contributed by atoms with Crippen molar-refractivity contribution in [3.63, 3.8) is 0 Å². The molecule has 3 rings (SSSR count). The van der Waals surface area contributed by atoms with Gasteiger partial charge in [-0.15, -0.1) is 0 Å². The molecule has 0 radical (unpaired) electrons. The number of quaternary nitrogens is 1. The van der Waals surface area contributed by atoms with Crippen molar-refractivity contribution in [1.82, 2.24) is 4.90 Å². The van der Waals surface area contributed by atoms with E-state index in [0.717, 1.165) is 47.6 Å². The maximum Gasteiger partial charge on any atom is 0.279 e. The molecule has 2 N–H and O–H groups in total. The lowest BCUT2D eigenvalue weighted by Gasteiger charge is -2.31. The Bertz CT molecular complexity index is 869. The molecule has 1 aliphatic heterocycles. The Labute approximate surface area is 178 Å². The molecule has 2 amide bonds. The second kappa shape index (κ2) is 10.3. The van der Waals surface area contributed by atoms with Gasteiger partial charge in [0.05, 0.1) is 26.2 Å². The number of carbonyl (C=O) groups excluding carboxylic acids is 2. The molecular formula is C24H32N3O3+. The van der Waals surface area contributed by atoms with Gasteiger partial charge in [-0.3, -0.25) is 9.59 Å². The Morgan fingerprint density at radius 1 is 1.07 bits per heavy atom. The maximum atomic E-state index is 12.5. The largest absolute Gasteiger partial charge is 0.484 e. The number of hydrogen-bond donors (Lipinski definition) is 2. The quantitative estimate of drug-likeness (QED) is 0.729. The van der Waals surface area contributed by atoms with Gasteiger partial charge in [0.25, 0.3) is 11.8 Å². The molecule has 1 aliphatic rings. The lowest BCUT2D eigenvalue weighted by atomic mass is 10.1. The zero-order valence-electron chi connectivity index (χ0n) is 18.2. The second-order valence-corrected chi connectivity index (χ2v) is 7.98. The number of carbonyl (C=O) groups is 2. The Morgan fingerprint density at radius 3 is 2.40 bits per heavy atom. The second-order valence-electron chi connectivity index (χ2n) is 7.98. The molecule has 0 spiro atoms. The summed E-state index contributed by atoms with van der Waals surface area (Å²) in [7, 11) is 0. The molecule has 0 bridgehead atoms. The molecule has 0 saturated carbocycles. The van der Waals surface area contributed by atoms with E-state index in [0.29, 0.717) is 19.6 Å². The van der Waals surface area contributed by atoms with Crippen molar-refractivity contribution in [3.05, 3.63) is 59.2 Å². The normalized spacial score (nSPS) is 14.4. The molecule has 6 nitrogen and oxygen atoms in total. The van der Waals surface area contributed by atoms with Crippen LogP contribution in [0.5, 0.6) is 5.75 Å². The molecule has 2 aromatic rings. The molecule has 2 aromatic carbocycles. The Morgan fingerprint density at radius 2 is 1.73 bits per heavy atom. The van der Waals surface area contributed by atoms with Gasteiger partial charge in [-0.05, 0) is 55.2 Å². The van der Waals surface area contributed by atoms with E-state index >= 15 is 0 Å². The van der Waals surface area contributed by atoms with E-state index in [1.54, 1.807) is 0 Å². The summed E-state index contributed by atoms with van der Waals surface area (Å²) < 4.78 is 5.70. The maximum absolute atomic E-state index is 12.5. The molecule has 1 fully saturated rings. The third kappa shape index (κ3) is 6.07. The van der Waals surface area contributed by atoms with Gasteiger partial charge in [-0.1, -0.05) is 31.2 Å². The molecular weight excluding hydrogens is 378 g/mol. The summed E-state index contributed by atoms with van der Waals surface area (Å²) in [5.41, 5.74) is 4.27. The number of rotatable bonds is 7. The van der Waals surface area contributed by atoms with Gasteiger partial charge in [-0.2, -0.15) is 0 Å². The van der Waals surface area contributed by atoms with Gasteiger partial charge in [0.15, 0.2) is 13.2 Å². The Kier molecular flexibility index (Phi) is 7.46. The fraction of sp³-hybridized carbons (Fsp3) is 0.417. The summed E-state index contributed by atoms with van der Waals surface area (Å²) in [4.78, 5) is 28.0. The topological polar surface area (TPSA) is 63.1 Å². The van der Waals surface area contributed by atoms with Crippen LogP contribution in [-0.2, 0) is 16.0 Å². The highest BCUT2D eigenvalue weighted by atomic mass is 16.5.